The number of hydrogen-bond acceptors (Lipinski definition) is 12. The van der Waals surface area contributed by atoms with Gasteiger partial charge in [0, 0.05) is 13.1 Å². The van der Waals surface area contributed by atoms with E-state index in [9.17, 15) is 9.59 Å². The van der Waals surface area contributed by atoms with Crippen LogP contribution in [0.15, 0.2) is 97.1 Å². The van der Waals surface area contributed by atoms with Crippen molar-refractivity contribution in [2.75, 3.05) is 32.8 Å². The van der Waals surface area contributed by atoms with Crippen LogP contribution < -0.4 is 20.5 Å². The van der Waals surface area contributed by atoms with Gasteiger partial charge in [0.2, 0.25) is 11.2 Å². The van der Waals surface area contributed by atoms with E-state index in [0.29, 0.717) is 66.2 Å². The first-order chi connectivity index (χ1) is 28.4. The zero-order chi connectivity index (χ0) is 42.9. The first kappa shape index (κ1) is 48.3. The Balaban J connectivity index is 0.000000262. The molecule has 2 aromatic heterocycles. The summed E-state index contributed by atoms with van der Waals surface area (Å²) in [6.07, 6.45) is 0. The molecule has 0 spiro atoms. The largest absolute Gasteiger partial charge is 0.497 e. The number of halogens is 2. The van der Waals surface area contributed by atoms with Crippen LogP contribution >= 0.6 is 24.0 Å². The number of anilines is 1. The van der Waals surface area contributed by atoms with E-state index in [-0.39, 0.29) is 23.7 Å². The lowest BCUT2D eigenvalue weighted by molar-refractivity contribution is 0.0513. The number of methoxy groups -OCH3 is 2. The number of carbonyl (C=O) groups excluding carboxylic acids is 2. The third kappa shape index (κ3) is 13.2. The molecule has 0 atom stereocenters. The number of nitrogens with zero attached hydrogens (tertiary/aromatic N) is 4. The first-order valence-corrected chi connectivity index (χ1v) is 19.4. The Morgan fingerprint density at radius 2 is 0.983 bits per heavy atom. The van der Waals surface area contributed by atoms with E-state index in [1.165, 1.54) is 11.1 Å². The van der Waals surface area contributed by atoms with Gasteiger partial charge >= 0.3 is 11.9 Å². The number of ether oxygens (including phenoxy) is 4. The molecule has 0 aliphatic rings. The second-order valence-electron chi connectivity index (χ2n) is 12.9. The van der Waals surface area contributed by atoms with E-state index in [1.54, 1.807) is 55.8 Å². The van der Waals surface area contributed by atoms with Crippen LogP contribution in [0.25, 0.3) is 22.3 Å². The normalized spacial score (nSPS) is 10.1. The molecule has 6 rings (SSSR count). The molecule has 0 aliphatic carbocycles. The zero-order valence-corrected chi connectivity index (χ0v) is 36.7. The van der Waals surface area contributed by atoms with Gasteiger partial charge in [-0.05, 0) is 111 Å². The van der Waals surface area contributed by atoms with E-state index in [2.05, 4.69) is 49.5 Å². The topological polar surface area (TPSA) is 161 Å². The van der Waals surface area contributed by atoms with Gasteiger partial charge in [-0.2, -0.15) is 0 Å². The lowest BCUT2D eigenvalue weighted by Crippen LogP contribution is -2.14. The van der Waals surface area contributed by atoms with Gasteiger partial charge in [0.05, 0.1) is 50.2 Å². The van der Waals surface area contributed by atoms with Gasteiger partial charge in [0.15, 0.2) is 0 Å². The van der Waals surface area contributed by atoms with E-state index >= 15 is 0 Å². The smallest absolute Gasteiger partial charge is 0.341 e. The molecule has 0 radical (unpaired) electrons. The molecule has 6 aromatic rings. The van der Waals surface area contributed by atoms with Crippen LogP contribution in [0.5, 0.6) is 11.5 Å². The van der Waals surface area contributed by atoms with Crippen molar-refractivity contribution in [3.63, 3.8) is 0 Å². The van der Waals surface area contributed by atoms with Gasteiger partial charge < -0.3 is 30.0 Å². The van der Waals surface area contributed by atoms with Crippen LogP contribution in [-0.4, -0.2) is 59.3 Å². The van der Waals surface area contributed by atoms with Crippen molar-refractivity contribution < 1.29 is 28.5 Å². The second kappa shape index (κ2) is 24.1. The summed E-state index contributed by atoms with van der Waals surface area (Å²) in [4.78, 5) is 40.2. The minimum Gasteiger partial charge on any atom is -0.497 e. The Morgan fingerprint density at radius 3 is 1.38 bits per heavy atom. The third-order valence-corrected chi connectivity index (χ3v) is 9.14. The van der Waals surface area contributed by atoms with E-state index in [4.69, 9.17) is 36.3 Å². The molecule has 4 aromatic carbocycles. The fourth-order valence-corrected chi connectivity index (χ4v) is 6.37. The molecule has 3 N–H and O–H groups in total. The highest BCUT2D eigenvalue weighted by atomic mass is 35.5. The molecule has 0 saturated carbocycles. The van der Waals surface area contributed by atoms with Crippen molar-refractivity contribution in [2.45, 2.75) is 54.6 Å². The van der Waals surface area contributed by atoms with Crippen LogP contribution in [0.1, 0.15) is 68.5 Å². The molecular weight excluding hydrogens is 803 g/mol. The highest BCUT2D eigenvalue weighted by Crippen LogP contribution is 2.27. The van der Waals surface area contributed by atoms with E-state index in [1.807, 2.05) is 72.8 Å². The third-order valence-electron chi connectivity index (χ3n) is 8.97. The zero-order valence-electron chi connectivity index (χ0n) is 35.2. The maximum atomic E-state index is 12.1. The Hall–Kier alpha value is -6.08. The maximum Gasteiger partial charge on any atom is 0.341 e. The number of rotatable bonds is 12. The Bertz CT molecular complexity index is 2280. The van der Waals surface area contributed by atoms with Crippen LogP contribution in [0.3, 0.4) is 0 Å². The van der Waals surface area contributed by atoms with Crippen LogP contribution in [0.4, 0.5) is 5.95 Å². The Kier molecular flexibility index (Phi) is 19.4. The summed E-state index contributed by atoms with van der Waals surface area (Å²) in [5.74, 6) is 1.38. The first-order valence-electron chi connectivity index (χ1n) is 19.0. The number of nitrogens with one attached hydrogen (secondary N) is 1. The number of carbonyl (C=O) groups is 2. The summed E-state index contributed by atoms with van der Waals surface area (Å²) in [6, 6.07) is 32.3. The minimum absolute atomic E-state index is 0. The van der Waals surface area contributed by atoms with Crippen molar-refractivity contribution in [1.82, 2.24) is 19.9 Å². The van der Waals surface area contributed by atoms with Crippen molar-refractivity contribution in [1.29, 1.82) is 0 Å². The summed E-state index contributed by atoms with van der Waals surface area (Å²) >= 11 is 5.63. The number of benzene rings is 4. The highest BCUT2D eigenvalue weighted by molar-refractivity contribution is 6.28. The molecule has 0 amide bonds. The molecule has 0 fully saturated rings. The van der Waals surface area contributed by atoms with Gasteiger partial charge in [-0.3, -0.25) is 0 Å². The Labute approximate surface area is 363 Å². The van der Waals surface area contributed by atoms with Gasteiger partial charge in [-0.15, -0.1) is 12.4 Å². The second-order valence-corrected chi connectivity index (χ2v) is 13.2. The van der Waals surface area contributed by atoms with Crippen molar-refractivity contribution in [3.8, 4) is 33.8 Å². The summed E-state index contributed by atoms with van der Waals surface area (Å²) in [7, 11) is 3.33. The van der Waals surface area contributed by atoms with Crippen LogP contribution in [-0.2, 0) is 22.6 Å². The Morgan fingerprint density at radius 1 is 0.600 bits per heavy atom. The van der Waals surface area contributed by atoms with Gasteiger partial charge in [-0.25, -0.2) is 29.5 Å². The standard InChI is InChI=1S/C23H25N3O3.C14H15NO.C9H11ClN2O2.ClH/c1-5-29-22(27)21-15(2)25-23(26-16(21)3)24-14-18-8-6-7-9-20(18)17-10-12-19(28-4)13-11-17;1-16-13-8-6-11(7-9-13)14-5-3-2-4-12(14)10-15;1-4-14-8(13)7-5(2)11-9(10)12-6(7)3;/h6-13H,5,14H2,1-4H3,(H,24,25,26);2-9H,10,15H2,1H3;4H2,1-3H3;1H. The molecule has 0 saturated heterocycles. The van der Waals surface area contributed by atoms with Crippen LogP contribution in [0.2, 0.25) is 5.28 Å². The van der Waals surface area contributed by atoms with Crippen molar-refractivity contribution >= 4 is 41.9 Å². The predicted octanol–water partition coefficient (Wildman–Crippen LogP) is 9.72. The number of nitrogens with two attached hydrogens (primary N) is 1. The average Bonchev–Trinajstić information content (AvgIpc) is 3.23. The predicted molar refractivity (Wildman–Crippen MR) is 239 cm³/mol. The van der Waals surface area contributed by atoms with Gasteiger partial charge in [0.25, 0.3) is 0 Å². The molecule has 0 unspecified atom stereocenters. The molecule has 2 heterocycles. The number of aryl methyl sites for hydroxylation is 4. The van der Waals surface area contributed by atoms with Crippen molar-refractivity contribution in [3.05, 3.63) is 147 Å². The molecule has 60 heavy (non-hydrogen) atoms. The van der Waals surface area contributed by atoms with Gasteiger partial charge in [-0.1, -0.05) is 72.8 Å². The fourth-order valence-electron chi connectivity index (χ4n) is 6.12. The van der Waals surface area contributed by atoms with E-state index in [0.717, 1.165) is 33.8 Å². The molecule has 316 valence electrons. The minimum atomic E-state index is -0.404. The average molecular weight is 856 g/mol. The molecule has 14 heteroatoms. The lowest BCUT2D eigenvalue weighted by Gasteiger charge is -2.13. The SMILES string of the molecule is CCOC(=O)c1c(C)nc(Cl)nc1C.CCOC(=O)c1c(C)nc(NCc2ccccc2-c2ccc(OC)cc2)nc1C.COc1ccc(-c2ccccc2CN)cc1.Cl. The van der Waals surface area contributed by atoms with Crippen LogP contribution in [0, 0.1) is 27.7 Å². The number of aromatic nitrogens is 4. The molecular formula is C46H52Cl2N6O6. The number of esters is 2. The monoisotopic (exact) mass is 854 g/mol. The van der Waals surface area contributed by atoms with Crippen molar-refractivity contribution in [2.24, 2.45) is 5.73 Å². The quantitative estimate of drug-likeness (QED) is 0.0887. The summed E-state index contributed by atoms with van der Waals surface area (Å²) < 4.78 is 20.3. The van der Waals surface area contributed by atoms with E-state index < -0.39 is 5.97 Å². The summed E-state index contributed by atoms with van der Waals surface area (Å²) in [5.41, 5.74) is 15.7. The number of hydrogen-bond donors (Lipinski definition) is 2. The maximum absolute atomic E-state index is 12.1. The summed E-state index contributed by atoms with van der Waals surface area (Å²) in [6.45, 7) is 12.3. The molecule has 0 bridgehead atoms. The van der Waals surface area contributed by atoms with Gasteiger partial charge in [0.1, 0.15) is 22.6 Å². The highest BCUT2D eigenvalue weighted by Gasteiger charge is 2.18. The molecule has 0 aliphatic heterocycles. The fraction of sp³-hybridized carbons (Fsp3) is 0.261. The summed E-state index contributed by atoms with van der Waals surface area (Å²) in [5, 5.41) is 3.42. The molecule has 12 nitrogen and oxygen atoms in total. The lowest BCUT2D eigenvalue weighted by atomic mass is 9.99.